The van der Waals surface area contributed by atoms with Crippen molar-refractivity contribution in [2.75, 3.05) is 12.3 Å². The Morgan fingerprint density at radius 1 is 1.46 bits per heavy atom. The molecule has 0 aliphatic carbocycles. The van der Waals surface area contributed by atoms with Crippen molar-refractivity contribution in [2.45, 2.75) is 63.1 Å². The highest BCUT2D eigenvalue weighted by Gasteiger charge is 2.53. The van der Waals surface area contributed by atoms with Gasteiger partial charge >= 0.3 is 0 Å². The van der Waals surface area contributed by atoms with E-state index in [1.807, 2.05) is 12.1 Å². The first kappa shape index (κ1) is 20.7. The molecule has 0 unspecified atom stereocenters. The molecule has 28 heavy (non-hydrogen) atoms. The third kappa shape index (κ3) is 3.41. The molecule has 3 heterocycles. The number of aliphatic hydroxyl groups is 1. The fraction of sp³-hybridized carbons (Fsp3) is 0.611. The summed E-state index contributed by atoms with van der Waals surface area (Å²) in [5.74, 6) is 0.374. The van der Waals surface area contributed by atoms with Crippen molar-refractivity contribution in [3.8, 4) is 0 Å². The number of ether oxygens (including phenoxy) is 1. The second-order valence-electron chi connectivity index (χ2n) is 8.77. The van der Waals surface area contributed by atoms with Gasteiger partial charge in [0.25, 0.3) is 0 Å². The van der Waals surface area contributed by atoms with E-state index in [4.69, 9.17) is 14.9 Å². The standard InChI is InChI=1S/C18H29N5O4Si/c1-17(2,3)28(4,5)27-15-8-14(26-18(15,10-24)9-22-25)12-6-7-13-16(19)20-11-21-23(12)13/h6-7,9,11,14-15,24-25H,8,10H2,1-5H3,(H2,19,20,21)/b22-9-/t14-,15+,18-/m1/s1. The highest BCUT2D eigenvalue weighted by molar-refractivity contribution is 6.74. The number of hydrogen-bond acceptors (Lipinski definition) is 8. The molecule has 10 heteroatoms. The molecule has 9 nitrogen and oxygen atoms in total. The number of anilines is 1. The Kier molecular flexibility index (Phi) is 5.26. The number of aliphatic hydroxyl groups excluding tert-OH is 1. The lowest BCUT2D eigenvalue weighted by Crippen LogP contribution is -2.53. The zero-order valence-electron chi connectivity index (χ0n) is 17.0. The minimum atomic E-state index is -2.17. The first-order chi connectivity index (χ1) is 13.0. The van der Waals surface area contributed by atoms with E-state index in [9.17, 15) is 10.3 Å². The van der Waals surface area contributed by atoms with Gasteiger partial charge in [-0.05, 0) is 30.3 Å². The Labute approximate surface area is 165 Å². The van der Waals surface area contributed by atoms with Gasteiger partial charge in [0.15, 0.2) is 19.7 Å². The monoisotopic (exact) mass is 407 g/mol. The molecular formula is C18H29N5O4Si. The average Bonchev–Trinajstić information content (AvgIpc) is 3.17. The third-order valence-electron chi connectivity index (χ3n) is 5.94. The molecule has 1 aliphatic rings. The maximum Gasteiger partial charge on any atom is 0.192 e. The Morgan fingerprint density at radius 2 is 2.18 bits per heavy atom. The molecule has 1 aliphatic heterocycles. The fourth-order valence-electron chi connectivity index (χ4n) is 3.25. The van der Waals surface area contributed by atoms with Crippen LogP contribution in [0.25, 0.3) is 5.52 Å². The normalized spacial score (nSPS) is 26.5. The molecule has 0 spiro atoms. The van der Waals surface area contributed by atoms with Crippen molar-refractivity contribution in [1.82, 2.24) is 14.6 Å². The van der Waals surface area contributed by atoms with Gasteiger partial charge in [-0.25, -0.2) is 9.50 Å². The van der Waals surface area contributed by atoms with E-state index in [1.54, 1.807) is 4.52 Å². The number of nitrogens with zero attached hydrogens (tertiary/aromatic N) is 4. The van der Waals surface area contributed by atoms with Gasteiger partial charge in [0.1, 0.15) is 17.9 Å². The van der Waals surface area contributed by atoms with Crippen LogP contribution in [0.3, 0.4) is 0 Å². The van der Waals surface area contributed by atoms with E-state index in [-0.39, 0.29) is 11.6 Å². The zero-order valence-corrected chi connectivity index (χ0v) is 18.0. The minimum absolute atomic E-state index is 0.0218. The van der Waals surface area contributed by atoms with E-state index in [1.165, 1.54) is 12.5 Å². The van der Waals surface area contributed by atoms with E-state index >= 15 is 0 Å². The van der Waals surface area contributed by atoms with Crippen LogP contribution in [0.2, 0.25) is 18.1 Å². The lowest BCUT2D eigenvalue weighted by molar-refractivity contribution is -0.0608. The molecular weight excluding hydrogens is 378 g/mol. The summed E-state index contributed by atoms with van der Waals surface area (Å²) in [6, 6.07) is 3.70. The molecule has 3 rings (SSSR count). The summed E-state index contributed by atoms with van der Waals surface area (Å²) in [6.45, 7) is 10.3. The van der Waals surface area contributed by atoms with Crippen LogP contribution in [-0.4, -0.2) is 57.8 Å². The van der Waals surface area contributed by atoms with E-state index < -0.39 is 26.1 Å². The lowest BCUT2D eigenvalue weighted by atomic mass is 9.98. The maximum atomic E-state index is 10.1. The van der Waals surface area contributed by atoms with Gasteiger partial charge in [0.2, 0.25) is 0 Å². The third-order valence-corrected chi connectivity index (χ3v) is 10.4. The van der Waals surface area contributed by atoms with Crippen molar-refractivity contribution in [2.24, 2.45) is 5.16 Å². The Morgan fingerprint density at radius 3 is 2.79 bits per heavy atom. The van der Waals surface area contributed by atoms with E-state index in [0.717, 1.165) is 5.69 Å². The van der Waals surface area contributed by atoms with Gasteiger partial charge in [-0.1, -0.05) is 25.9 Å². The molecule has 154 valence electrons. The van der Waals surface area contributed by atoms with E-state index in [2.05, 4.69) is 49.1 Å². The van der Waals surface area contributed by atoms with E-state index in [0.29, 0.717) is 17.8 Å². The van der Waals surface area contributed by atoms with Crippen LogP contribution < -0.4 is 5.73 Å². The topological polar surface area (TPSA) is 127 Å². The number of fused-ring (bicyclic) bond motifs is 1. The van der Waals surface area contributed by atoms with Crippen LogP contribution in [0.5, 0.6) is 0 Å². The highest BCUT2D eigenvalue weighted by atomic mass is 28.4. The largest absolute Gasteiger partial charge is 0.411 e. The number of hydrogen-bond donors (Lipinski definition) is 3. The molecule has 2 aromatic heterocycles. The van der Waals surface area contributed by atoms with Gasteiger partial charge in [0, 0.05) is 6.42 Å². The van der Waals surface area contributed by atoms with Crippen molar-refractivity contribution >= 4 is 25.9 Å². The minimum Gasteiger partial charge on any atom is -0.411 e. The fourth-order valence-corrected chi connectivity index (χ4v) is 4.61. The summed E-state index contributed by atoms with van der Waals surface area (Å²) in [5, 5.41) is 26.8. The predicted octanol–water partition coefficient (Wildman–Crippen LogP) is 2.35. The predicted molar refractivity (Wildman–Crippen MR) is 108 cm³/mol. The average molecular weight is 408 g/mol. The van der Waals surface area contributed by atoms with Crippen LogP contribution in [0.4, 0.5) is 5.82 Å². The van der Waals surface area contributed by atoms with Gasteiger partial charge in [0.05, 0.1) is 24.6 Å². The van der Waals surface area contributed by atoms with Gasteiger partial charge in [-0.2, -0.15) is 5.10 Å². The molecule has 1 fully saturated rings. The van der Waals surface area contributed by atoms with Crippen LogP contribution >= 0.6 is 0 Å². The number of nitrogens with two attached hydrogens (primary N) is 1. The Balaban J connectivity index is 1.99. The molecule has 0 amide bonds. The van der Waals surface area contributed by atoms with Crippen molar-refractivity contribution in [3.05, 3.63) is 24.2 Å². The summed E-state index contributed by atoms with van der Waals surface area (Å²) in [4.78, 5) is 4.00. The van der Waals surface area contributed by atoms with Crippen LogP contribution in [0, 0.1) is 0 Å². The summed E-state index contributed by atoms with van der Waals surface area (Å²) in [6.07, 6.45) is 2.21. The van der Waals surface area contributed by atoms with Crippen molar-refractivity contribution in [1.29, 1.82) is 0 Å². The maximum absolute atomic E-state index is 10.1. The molecule has 0 saturated carbocycles. The molecule has 2 aromatic rings. The summed E-state index contributed by atoms with van der Waals surface area (Å²) >= 11 is 0. The van der Waals surface area contributed by atoms with Crippen molar-refractivity contribution < 1.29 is 19.5 Å². The summed E-state index contributed by atoms with van der Waals surface area (Å²) in [7, 11) is -2.17. The number of aromatic nitrogens is 3. The van der Waals surface area contributed by atoms with Gasteiger partial charge < -0.3 is 25.2 Å². The number of oxime groups is 1. The molecule has 1 saturated heterocycles. The molecule has 4 N–H and O–H groups in total. The highest BCUT2D eigenvalue weighted by Crippen LogP contribution is 2.45. The number of nitrogen functional groups attached to an aromatic ring is 1. The zero-order chi connectivity index (χ0) is 20.7. The quantitative estimate of drug-likeness (QED) is 0.300. The van der Waals surface area contributed by atoms with Gasteiger partial charge in [-0.15, -0.1) is 0 Å². The smallest absolute Gasteiger partial charge is 0.192 e. The summed E-state index contributed by atoms with van der Waals surface area (Å²) in [5.41, 5.74) is 6.14. The lowest BCUT2D eigenvalue weighted by Gasteiger charge is -2.41. The molecule has 0 radical (unpaired) electrons. The van der Waals surface area contributed by atoms with Gasteiger partial charge in [-0.3, -0.25) is 0 Å². The second-order valence-corrected chi connectivity index (χ2v) is 13.5. The Hall–Kier alpha value is -2.01. The number of rotatable bonds is 5. The molecule has 0 bridgehead atoms. The van der Waals surface area contributed by atoms with Crippen LogP contribution in [0.1, 0.15) is 39.0 Å². The van der Waals surface area contributed by atoms with Crippen LogP contribution in [0.15, 0.2) is 23.6 Å². The van der Waals surface area contributed by atoms with Crippen molar-refractivity contribution in [3.63, 3.8) is 0 Å². The first-order valence-electron chi connectivity index (χ1n) is 9.28. The second kappa shape index (κ2) is 7.10. The summed E-state index contributed by atoms with van der Waals surface area (Å²) < 4.78 is 14.5. The first-order valence-corrected chi connectivity index (χ1v) is 12.2. The molecule has 0 aromatic carbocycles. The molecule has 3 atom stereocenters. The van der Waals surface area contributed by atoms with Crippen LogP contribution in [-0.2, 0) is 9.16 Å². The SMILES string of the molecule is CC(C)(C)[Si](C)(C)O[C@H]1C[C@H](c2ccc3c(N)ncnn23)O[C@]1(/C=N\O)CO. The Bertz CT molecular complexity index is 878.